The summed E-state index contributed by atoms with van der Waals surface area (Å²) in [5.74, 6) is 0. The summed E-state index contributed by atoms with van der Waals surface area (Å²) in [4.78, 5) is 2.41. The van der Waals surface area contributed by atoms with Gasteiger partial charge in [-0.3, -0.25) is 9.21 Å². The number of piperidine rings is 1. The normalized spacial score (nSPS) is 22.0. The average Bonchev–Trinajstić information content (AvgIpc) is 2.89. The predicted molar refractivity (Wildman–Crippen MR) is 112 cm³/mol. The molecule has 138 valence electrons. The van der Waals surface area contributed by atoms with E-state index in [4.69, 9.17) is 0 Å². The van der Waals surface area contributed by atoms with E-state index in [1.165, 1.54) is 9.87 Å². The lowest BCUT2D eigenvalue weighted by Crippen LogP contribution is -2.52. The maximum Gasteiger partial charge on any atom is 0.302 e. The van der Waals surface area contributed by atoms with E-state index in [9.17, 15) is 8.42 Å². The summed E-state index contributed by atoms with van der Waals surface area (Å²) < 4.78 is 31.0. The van der Waals surface area contributed by atoms with Crippen LogP contribution < -0.4 is 9.03 Å². The van der Waals surface area contributed by atoms with E-state index in [0.717, 1.165) is 41.7 Å². The lowest BCUT2D eigenvalue weighted by molar-refractivity contribution is 0.155. The first-order valence-corrected chi connectivity index (χ1v) is 11.3. The number of hydrogen-bond acceptors (Lipinski definition) is 3. The average molecular weight is 483 g/mol. The highest BCUT2D eigenvalue weighted by molar-refractivity contribution is 14.1. The Labute approximate surface area is 168 Å². The first-order valence-electron chi connectivity index (χ1n) is 8.79. The summed E-state index contributed by atoms with van der Waals surface area (Å²) in [6.07, 6.45) is 1.67. The van der Waals surface area contributed by atoms with Gasteiger partial charge in [0.25, 0.3) is 0 Å². The summed E-state index contributed by atoms with van der Waals surface area (Å²) in [5, 5.41) is 0. The highest BCUT2D eigenvalue weighted by Gasteiger charge is 2.48. The minimum Gasteiger partial charge on any atom is -0.299 e. The van der Waals surface area contributed by atoms with Crippen LogP contribution in [0.25, 0.3) is 0 Å². The number of nitrogens with one attached hydrogen (secondary N) is 1. The highest BCUT2D eigenvalue weighted by atomic mass is 127. The molecular formula is C19H22IN3O2S. The van der Waals surface area contributed by atoms with Gasteiger partial charge in [-0.05, 0) is 65.3 Å². The van der Waals surface area contributed by atoms with Crippen LogP contribution in [0.3, 0.4) is 0 Å². The third-order valence-electron chi connectivity index (χ3n) is 5.26. The summed E-state index contributed by atoms with van der Waals surface area (Å²) in [5.41, 5.74) is 1.69. The SMILES string of the molecule is O=S1(=O)NC2(CCN(Cc3ccccc3)CC2)CN1c1ccc(I)cc1. The number of anilines is 1. The standard InChI is InChI=1S/C19H22IN3O2S/c20-17-6-8-18(9-7-17)23-15-19(21-26(23,24)25)10-12-22(13-11-19)14-16-4-2-1-3-5-16/h1-9,21H,10-15H2. The molecule has 0 bridgehead atoms. The molecule has 0 amide bonds. The van der Waals surface area contributed by atoms with Crippen molar-refractivity contribution in [2.24, 2.45) is 0 Å². The number of likely N-dealkylation sites (tertiary alicyclic amines) is 1. The second-order valence-corrected chi connectivity index (χ2v) is 9.97. The highest BCUT2D eigenvalue weighted by Crippen LogP contribution is 2.34. The Hall–Kier alpha value is -1.16. The molecule has 0 unspecified atom stereocenters. The molecule has 2 aliphatic rings. The number of rotatable bonds is 3. The smallest absolute Gasteiger partial charge is 0.299 e. The Morgan fingerprint density at radius 2 is 1.65 bits per heavy atom. The minimum absolute atomic E-state index is 0.352. The van der Waals surface area contributed by atoms with E-state index < -0.39 is 10.2 Å². The van der Waals surface area contributed by atoms with Gasteiger partial charge in [0.15, 0.2) is 0 Å². The van der Waals surface area contributed by atoms with Crippen molar-refractivity contribution in [2.75, 3.05) is 23.9 Å². The van der Waals surface area contributed by atoms with Gasteiger partial charge in [-0.2, -0.15) is 13.1 Å². The van der Waals surface area contributed by atoms with Gasteiger partial charge in [0, 0.05) is 23.2 Å². The van der Waals surface area contributed by atoms with Gasteiger partial charge in [-0.15, -0.1) is 0 Å². The minimum atomic E-state index is -3.47. The quantitative estimate of drug-likeness (QED) is 0.684. The summed E-state index contributed by atoms with van der Waals surface area (Å²) in [6.45, 7) is 3.23. The van der Waals surface area contributed by atoms with Crippen molar-refractivity contribution in [1.82, 2.24) is 9.62 Å². The molecule has 1 spiro atoms. The first-order chi connectivity index (χ1) is 12.5. The Kier molecular flexibility index (Phi) is 4.98. The fourth-order valence-electron chi connectivity index (χ4n) is 3.80. The zero-order valence-corrected chi connectivity index (χ0v) is 17.4. The van der Waals surface area contributed by atoms with Gasteiger partial charge in [-0.1, -0.05) is 30.3 Å². The first kappa shape index (κ1) is 18.2. The van der Waals surface area contributed by atoms with Crippen molar-refractivity contribution in [2.45, 2.75) is 24.9 Å². The summed E-state index contributed by atoms with van der Waals surface area (Å²) >= 11 is 2.23. The molecule has 1 N–H and O–H groups in total. The van der Waals surface area contributed by atoms with Gasteiger partial charge >= 0.3 is 10.2 Å². The second kappa shape index (κ2) is 7.10. The topological polar surface area (TPSA) is 52.7 Å². The molecule has 0 radical (unpaired) electrons. The van der Waals surface area contributed by atoms with Gasteiger partial charge in [0.1, 0.15) is 0 Å². The largest absolute Gasteiger partial charge is 0.302 e. The molecule has 7 heteroatoms. The predicted octanol–water partition coefficient (Wildman–Crippen LogP) is 2.98. The number of nitrogens with zero attached hydrogens (tertiary/aromatic N) is 2. The van der Waals surface area contributed by atoms with Crippen LogP contribution in [0.4, 0.5) is 5.69 Å². The van der Waals surface area contributed by atoms with E-state index in [2.05, 4.69) is 56.5 Å². The lowest BCUT2D eigenvalue weighted by Gasteiger charge is -2.38. The lowest BCUT2D eigenvalue weighted by atomic mass is 9.88. The molecule has 0 saturated carbocycles. The molecule has 5 nitrogen and oxygen atoms in total. The van der Waals surface area contributed by atoms with Gasteiger partial charge in [0.05, 0.1) is 17.8 Å². The molecule has 26 heavy (non-hydrogen) atoms. The molecule has 2 aliphatic heterocycles. The van der Waals surface area contributed by atoms with Crippen molar-refractivity contribution in [1.29, 1.82) is 0 Å². The van der Waals surface area contributed by atoms with Crippen LogP contribution in [0.5, 0.6) is 0 Å². The number of benzene rings is 2. The maximum absolute atomic E-state index is 12.7. The fourth-order valence-corrected chi connectivity index (χ4v) is 5.90. The summed E-state index contributed by atoms with van der Waals surface area (Å²) in [7, 11) is -3.47. The van der Waals surface area contributed by atoms with E-state index >= 15 is 0 Å². The van der Waals surface area contributed by atoms with Crippen molar-refractivity contribution in [3.63, 3.8) is 0 Å². The fraction of sp³-hybridized carbons (Fsp3) is 0.368. The molecule has 2 aromatic carbocycles. The van der Waals surface area contributed by atoms with Gasteiger partial charge in [0.2, 0.25) is 0 Å². The van der Waals surface area contributed by atoms with Gasteiger partial charge in [-0.25, -0.2) is 0 Å². The van der Waals surface area contributed by atoms with Crippen LogP contribution in [0, 0.1) is 3.57 Å². The second-order valence-electron chi connectivity index (χ2n) is 7.13. The van der Waals surface area contributed by atoms with Crippen LogP contribution in [0.15, 0.2) is 54.6 Å². The van der Waals surface area contributed by atoms with Crippen molar-refractivity contribution < 1.29 is 8.42 Å². The zero-order valence-electron chi connectivity index (χ0n) is 14.4. The Balaban J connectivity index is 1.45. The van der Waals surface area contributed by atoms with Crippen LogP contribution >= 0.6 is 22.6 Å². The Morgan fingerprint density at radius 1 is 1.00 bits per heavy atom. The molecule has 0 aromatic heterocycles. The molecule has 0 atom stereocenters. The van der Waals surface area contributed by atoms with Crippen molar-refractivity contribution in [3.8, 4) is 0 Å². The Morgan fingerprint density at radius 3 is 2.31 bits per heavy atom. The monoisotopic (exact) mass is 483 g/mol. The van der Waals surface area contributed by atoms with Gasteiger partial charge < -0.3 is 0 Å². The number of halogens is 1. The van der Waals surface area contributed by atoms with Crippen molar-refractivity contribution in [3.05, 3.63) is 63.7 Å². The summed E-state index contributed by atoms with van der Waals surface area (Å²) in [6, 6.07) is 18.1. The van der Waals surface area contributed by atoms with E-state index in [-0.39, 0.29) is 5.54 Å². The van der Waals surface area contributed by atoms with E-state index in [1.807, 2.05) is 30.3 Å². The Bertz CT molecular complexity index is 863. The third-order valence-corrected chi connectivity index (χ3v) is 7.59. The zero-order chi connectivity index (χ0) is 18.2. The van der Waals surface area contributed by atoms with E-state index in [0.29, 0.717) is 6.54 Å². The van der Waals surface area contributed by atoms with Crippen LogP contribution in [0.2, 0.25) is 0 Å². The molecule has 2 aromatic rings. The van der Waals surface area contributed by atoms with E-state index in [1.54, 1.807) is 0 Å². The maximum atomic E-state index is 12.7. The molecule has 2 heterocycles. The molecule has 0 aliphatic carbocycles. The van der Waals surface area contributed by atoms with Crippen LogP contribution in [-0.2, 0) is 16.8 Å². The van der Waals surface area contributed by atoms with Crippen molar-refractivity contribution >= 4 is 38.5 Å². The molecule has 2 fully saturated rings. The molecule has 2 saturated heterocycles. The third kappa shape index (κ3) is 3.76. The molecule has 4 rings (SSSR count). The van der Waals surface area contributed by atoms with Crippen LogP contribution in [-0.4, -0.2) is 38.5 Å². The molecular weight excluding hydrogens is 461 g/mol. The number of hydrogen-bond donors (Lipinski definition) is 1. The van der Waals surface area contributed by atoms with Crippen LogP contribution in [0.1, 0.15) is 18.4 Å².